The molecule has 110 valence electrons. The maximum Gasteiger partial charge on any atom is 0.135 e. The van der Waals surface area contributed by atoms with E-state index in [1.165, 1.54) is 26.1 Å². The van der Waals surface area contributed by atoms with Gasteiger partial charge in [0.05, 0.1) is 0 Å². The molecule has 2 fully saturated rings. The molecule has 3 heteroatoms. The fourth-order valence-electron chi connectivity index (χ4n) is 3.57. The Labute approximate surface area is 118 Å². The molecule has 1 unspecified atom stereocenters. The smallest absolute Gasteiger partial charge is 0.135 e. The summed E-state index contributed by atoms with van der Waals surface area (Å²) in [5.74, 6) is 1.68. The lowest BCUT2D eigenvalue weighted by Gasteiger charge is -2.33. The van der Waals surface area contributed by atoms with Gasteiger partial charge in [-0.05, 0) is 58.7 Å². The van der Waals surface area contributed by atoms with Gasteiger partial charge in [0.1, 0.15) is 5.78 Å². The summed E-state index contributed by atoms with van der Waals surface area (Å²) >= 11 is 0. The normalized spacial score (nSPS) is 27.3. The van der Waals surface area contributed by atoms with Crippen molar-refractivity contribution >= 4 is 5.78 Å². The second-order valence-electron chi connectivity index (χ2n) is 6.64. The second kappa shape index (κ2) is 6.85. The number of hydrogen-bond donors (Lipinski definition) is 0. The summed E-state index contributed by atoms with van der Waals surface area (Å²) in [6, 6.07) is 0.693. The lowest BCUT2D eigenvalue weighted by molar-refractivity contribution is -0.124. The Hall–Kier alpha value is -0.410. The average molecular weight is 266 g/mol. The third-order valence-electron chi connectivity index (χ3n) is 4.96. The number of carbonyl (C=O) groups excluding carboxylic acids is 1. The third-order valence-corrected chi connectivity index (χ3v) is 4.96. The van der Waals surface area contributed by atoms with Gasteiger partial charge in [-0.2, -0.15) is 0 Å². The van der Waals surface area contributed by atoms with Gasteiger partial charge in [-0.15, -0.1) is 0 Å². The van der Waals surface area contributed by atoms with Crippen molar-refractivity contribution in [2.75, 3.05) is 32.7 Å². The van der Waals surface area contributed by atoms with E-state index in [0.717, 1.165) is 38.3 Å². The van der Waals surface area contributed by atoms with Gasteiger partial charge in [0.25, 0.3) is 0 Å². The summed E-state index contributed by atoms with van der Waals surface area (Å²) in [5, 5.41) is 0. The van der Waals surface area contributed by atoms with Crippen LogP contribution >= 0.6 is 0 Å². The zero-order valence-corrected chi connectivity index (χ0v) is 12.9. The molecule has 3 nitrogen and oxygen atoms in total. The molecular weight excluding hydrogens is 236 g/mol. The molecule has 1 atom stereocenters. The highest BCUT2D eigenvalue weighted by Gasteiger charge is 2.28. The van der Waals surface area contributed by atoms with Crippen molar-refractivity contribution in [2.45, 2.75) is 52.5 Å². The van der Waals surface area contributed by atoms with Crippen LogP contribution in [0.15, 0.2) is 0 Å². The van der Waals surface area contributed by atoms with Crippen molar-refractivity contribution in [3.63, 3.8) is 0 Å². The van der Waals surface area contributed by atoms with Gasteiger partial charge in [-0.3, -0.25) is 4.79 Å². The second-order valence-corrected chi connectivity index (χ2v) is 6.64. The van der Waals surface area contributed by atoms with Gasteiger partial charge in [-0.1, -0.05) is 6.92 Å². The van der Waals surface area contributed by atoms with Crippen LogP contribution in [0, 0.1) is 11.8 Å². The van der Waals surface area contributed by atoms with E-state index in [1.807, 2.05) is 6.92 Å². The molecule has 0 aliphatic carbocycles. The first kappa shape index (κ1) is 15.0. The zero-order valence-electron chi connectivity index (χ0n) is 12.9. The Morgan fingerprint density at radius 2 is 1.84 bits per heavy atom. The predicted octanol–water partition coefficient (Wildman–Crippen LogP) is 2.41. The first-order valence-electron chi connectivity index (χ1n) is 8.09. The van der Waals surface area contributed by atoms with Crippen molar-refractivity contribution in [1.82, 2.24) is 9.80 Å². The molecule has 19 heavy (non-hydrogen) atoms. The Kier molecular flexibility index (Phi) is 5.40. The van der Waals surface area contributed by atoms with E-state index in [-0.39, 0.29) is 0 Å². The van der Waals surface area contributed by atoms with Gasteiger partial charge in [0.2, 0.25) is 0 Å². The fourth-order valence-corrected chi connectivity index (χ4v) is 3.57. The number of likely N-dealkylation sites (tertiary alicyclic amines) is 2. The minimum absolute atomic E-state index is 0.358. The molecule has 2 rings (SSSR count). The molecule has 0 amide bonds. The predicted molar refractivity (Wildman–Crippen MR) is 79.3 cm³/mol. The van der Waals surface area contributed by atoms with Crippen LogP contribution in [-0.2, 0) is 4.79 Å². The molecule has 0 radical (unpaired) electrons. The van der Waals surface area contributed by atoms with E-state index in [2.05, 4.69) is 23.6 Å². The number of rotatable bonds is 5. The fraction of sp³-hybridized carbons (Fsp3) is 0.938. The van der Waals surface area contributed by atoms with Crippen LogP contribution in [0.2, 0.25) is 0 Å². The number of ketones is 1. The Balaban J connectivity index is 1.70. The van der Waals surface area contributed by atoms with Crippen molar-refractivity contribution in [2.24, 2.45) is 11.8 Å². The highest BCUT2D eigenvalue weighted by Crippen LogP contribution is 2.23. The maximum absolute atomic E-state index is 11.7. The number of Topliss-reactive ketones (excluding diaryl/α,β-unsaturated/α-hetero) is 1. The van der Waals surface area contributed by atoms with Crippen LogP contribution in [0.25, 0.3) is 0 Å². The number of hydrogen-bond acceptors (Lipinski definition) is 3. The van der Waals surface area contributed by atoms with Gasteiger partial charge in [-0.25, -0.2) is 0 Å². The SMILES string of the molecule is CCC(=O)C1CCN(CC2CCN(C(C)C)C2)CC1. The Morgan fingerprint density at radius 1 is 1.16 bits per heavy atom. The summed E-state index contributed by atoms with van der Waals surface area (Å²) in [6.45, 7) is 12.6. The van der Waals surface area contributed by atoms with Crippen LogP contribution < -0.4 is 0 Å². The Bertz CT molecular complexity index is 295. The lowest BCUT2D eigenvalue weighted by atomic mass is 9.91. The van der Waals surface area contributed by atoms with Crippen LogP contribution in [0.1, 0.15) is 46.5 Å². The average Bonchev–Trinajstić information content (AvgIpc) is 2.87. The molecule has 0 saturated carbocycles. The van der Waals surface area contributed by atoms with Crippen molar-refractivity contribution in [1.29, 1.82) is 0 Å². The molecule has 2 aliphatic rings. The molecular formula is C16H30N2O. The summed E-state index contributed by atoms with van der Waals surface area (Å²) in [7, 11) is 0. The highest BCUT2D eigenvalue weighted by molar-refractivity contribution is 5.80. The van der Waals surface area contributed by atoms with Gasteiger partial charge in [0.15, 0.2) is 0 Å². The van der Waals surface area contributed by atoms with E-state index in [0.29, 0.717) is 17.7 Å². The van der Waals surface area contributed by atoms with Gasteiger partial charge in [0, 0.05) is 31.5 Å². The standard InChI is InChI=1S/C16H30N2O/c1-4-16(19)15-6-8-17(9-7-15)11-14-5-10-18(12-14)13(2)3/h13-15H,4-12H2,1-3H3. The lowest BCUT2D eigenvalue weighted by Crippen LogP contribution is -2.39. The maximum atomic E-state index is 11.7. The van der Waals surface area contributed by atoms with Crippen molar-refractivity contribution < 1.29 is 4.79 Å². The van der Waals surface area contributed by atoms with E-state index < -0.39 is 0 Å². The third kappa shape index (κ3) is 4.03. The molecule has 0 aromatic carbocycles. The van der Waals surface area contributed by atoms with Crippen LogP contribution in [0.3, 0.4) is 0 Å². The van der Waals surface area contributed by atoms with Crippen molar-refractivity contribution in [3.05, 3.63) is 0 Å². The zero-order chi connectivity index (χ0) is 13.8. The van der Waals surface area contributed by atoms with Gasteiger partial charge >= 0.3 is 0 Å². The van der Waals surface area contributed by atoms with E-state index in [1.54, 1.807) is 0 Å². The molecule has 0 bridgehead atoms. The first-order valence-corrected chi connectivity index (χ1v) is 8.09. The number of piperidine rings is 1. The van der Waals surface area contributed by atoms with Crippen molar-refractivity contribution in [3.8, 4) is 0 Å². The number of nitrogens with zero attached hydrogens (tertiary/aromatic N) is 2. The topological polar surface area (TPSA) is 23.6 Å². The minimum Gasteiger partial charge on any atom is -0.303 e. The van der Waals surface area contributed by atoms with Crippen LogP contribution in [0.4, 0.5) is 0 Å². The molecule has 0 aromatic rings. The summed E-state index contributed by atoms with van der Waals surface area (Å²) in [4.78, 5) is 16.9. The first-order chi connectivity index (χ1) is 9.10. The molecule has 2 heterocycles. The summed E-state index contributed by atoms with van der Waals surface area (Å²) < 4.78 is 0. The quantitative estimate of drug-likeness (QED) is 0.763. The monoisotopic (exact) mass is 266 g/mol. The summed E-state index contributed by atoms with van der Waals surface area (Å²) in [6.07, 6.45) is 4.25. The van der Waals surface area contributed by atoms with Crippen LogP contribution in [-0.4, -0.2) is 54.3 Å². The number of carbonyl (C=O) groups is 1. The molecule has 2 saturated heterocycles. The highest BCUT2D eigenvalue weighted by atomic mass is 16.1. The summed E-state index contributed by atoms with van der Waals surface area (Å²) in [5.41, 5.74) is 0. The molecule has 2 aliphatic heterocycles. The van der Waals surface area contributed by atoms with E-state index >= 15 is 0 Å². The molecule has 0 spiro atoms. The van der Waals surface area contributed by atoms with Gasteiger partial charge < -0.3 is 9.80 Å². The van der Waals surface area contributed by atoms with E-state index in [9.17, 15) is 4.79 Å². The van der Waals surface area contributed by atoms with E-state index in [4.69, 9.17) is 0 Å². The molecule has 0 N–H and O–H groups in total. The minimum atomic E-state index is 0.358. The van der Waals surface area contributed by atoms with Crippen LogP contribution in [0.5, 0.6) is 0 Å². The largest absolute Gasteiger partial charge is 0.303 e. The Morgan fingerprint density at radius 3 is 2.37 bits per heavy atom. The molecule has 0 aromatic heterocycles.